The van der Waals surface area contributed by atoms with Gasteiger partial charge in [-0.2, -0.15) is 5.26 Å². The third-order valence-corrected chi connectivity index (χ3v) is 4.08. The van der Waals surface area contributed by atoms with Crippen LogP contribution in [0.2, 0.25) is 0 Å². The minimum Gasteiger partial charge on any atom is -0.493 e. The van der Waals surface area contributed by atoms with Crippen molar-refractivity contribution in [1.29, 1.82) is 5.26 Å². The number of benzene rings is 1. The second-order valence-electron chi connectivity index (χ2n) is 5.62. The Bertz CT molecular complexity index is 833. The van der Waals surface area contributed by atoms with Crippen molar-refractivity contribution in [2.24, 2.45) is 0 Å². The Kier molecular flexibility index (Phi) is 6.15. The Morgan fingerprint density at radius 2 is 1.88 bits per heavy atom. The minimum absolute atomic E-state index is 0.0515. The fourth-order valence-electron chi connectivity index (χ4n) is 2.67. The first kappa shape index (κ1) is 19.2. The van der Waals surface area contributed by atoms with Gasteiger partial charge in [0.25, 0.3) is 11.8 Å². The molecule has 0 aliphatic carbocycles. The van der Waals surface area contributed by atoms with Gasteiger partial charge in [-0.25, -0.2) is 0 Å². The van der Waals surface area contributed by atoms with Crippen LogP contribution in [0.5, 0.6) is 11.5 Å². The van der Waals surface area contributed by atoms with Gasteiger partial charge in [-0.3, -0.25) is 14.5 Å². The number of aliphatic hydroxyl groups is 1. The van der Waals surface area contributed by atoms with Crippen LogP contribution < -0.4 is 9.47 Å². The van der Waals surface area contributed by atoms with Gasteiger partial charge >= 0.3 is 0 Å². The van der Waals surface area contributed by atoms with Gasteiger partial charge < -0.3 is 14.6 Å². The smallest absolute Gasteiger partial charge is 0.271 e. The Morgan fingerprint density at radius 3 is 2.46 bits per heavy atom. The summed E-state index contributed by atoms with van der Waals surface area (Å²) in [7, 11) is 3.03. The number of carbonyl (C=O) groups excluding carboxylic acids is 2. The second kappa shape index (κ2) is 8.32. The van der Waals surface area contributed by atoms with E-state index in [9.17, 15) is 14.9 Å². The summed E-state index contributed by atoms with van der Waals surface area (Å²) in [5.41, 5.74) is 1.18. The highest BCUT2D eigenvalue weighted by atomic mass is 16.5. The molecule has 136 valence electrons. The summed E-state index contributed by atoms with van der Waals surface area (Å²) in [6.45, 7) is 1.47. The van der Waals surface area contributed by atoms with Gasteiger partial charge in [0.1, 0.15) is 11.6 Å². The van der Waals surface area contributed by atoms with Gasteiger partial charge in [0.2, 0.25) is 0 Å². The van der Waals surface area contributed by atoms with Gasteiger partial charge in [0.15, 0.2) is 11.5 Å². The molecule has 1 N–H and O–H groups in total. The maximum Gasteiger partial charge on any atom is 0.271 e. The molecule has 26 heavy (non-hydrogen) atoms. The van der Waals surface area contributed by atoms with Crippen molar-refractivity contribution in [3.8, 4) is 17.6 Å². The van der Waals surface area contributed by atoms with Gasteiger partial charge in [0, 0.05) is 18.7 Å². The number of carbonyl (C=O) groups is 2. The minimum atomic E-state index is -0.632. The SMILES string of the molecule is COc1ccc(/C=C2/C(=O)N(CCCO)C(=O)C(C#N)=C2C)cc1OC. The molecule has 1 aliphatic heterocycles. The van der Waals surface area contributed by atoms with E-state index in [2.05, 4.69) is 0 Å². The molecular formula is C19H20N2O5. The standard InChI is InChI=1S/C19H20N2O5/c1-12-14(9-13-5-6-16(25-2)17(10-13)26-3)18(23)21(7-4-8-22)19(24)15(12)11-20/h5-6,9-10,22H,4,7-8H2,1-3H3/b14-9+. The third-order valence-electron chi connectivity index (χ3n) is 4.08. The van der Waals surface area contributed by atoms with E-state index < -0.39 is 11.8 Å². The summed E-state index contributed by atoms with van der Waals surface area (Å²) in [6, 6.07) is 7.03. The lowest BCUT2D eigenvalue weighted by Gasteiger charge is -2.27. The van der Waals surface area contributed by atoms with E-state index in [0.29, 0.717) is 22.6 Å². The molecule has 0 spiro atoms. The molecule has 0 bridgehead atoms. The third kappa shape index (κ3) is 3.60. The van der Waals surface area contributed by atoms with E-state index in [1.165, 1.54) is 14.2 Å². The fourth-order valence-corrected chi connectivity index (χ4v) is 2.67. The predicted molar refractivity (Wildman–Crippen MR) is 94.3 cm³/mol. The van der Waals surface area contributed by atoms with E-state index in [1.54, 1.807) is 31.2 Å². The van der Waals surface area contributed by atoms with Crippen LogP contribution >= 0.6 is 0 Å². The molecule has 7 heteroatoms. The first-order valence-electron chi connectivity index (χ1n) is 8.00. The van der Waals surface area contributed by atoms with Gasteiger partial charge in [-0.05, 0) is 42.7 Å². The number of nitrogens with zero attached hydrogens (tertiary/aromatic N) is 2. The first-order chi connectivity index (χ1) is 12.5. The molecule has 1 heterocycles. The van der Waals surface area contributed by atoms with Gasteiger partial charge in [-0.1, -0.05) is 6.07 Å². The normalized spacial score (nSPS) is 16.1. The molecule has 1 aromatic rings. The maximum absolute atomic E-state index is 12.8. The van der Waals surface area contributed by atoms with Crippen LogP contribution in [0.4, 0.5) is 0 Å². The highest BCUT2D eigenvalue weighted by molar-refractivity contribution is 6.19. The first-order valence-corrected chi connectivity index (χ1v) is 8.00. The molecule has 0 atom stereocenters. The molecule has 1 aliphatic rings. The van der Waals surface area contributed by atoms with Crippen LogP contribution in [0.1, 0.15) is 18.9 Å². The molecule has 7 nitrogen and oxygen atoms in total. The fraction of sp³-hybridized carbons (Fsp3) is 0.316. The summed E-state index contributed by atoms with van der Waals surface area (Å²) in [4.78, 5) is 26.1. The van der Waals surface area contributed by atoms with E-state index in [0.717, 1.165) is 4.90 Å². The topological polar surface area (TPSA) is 99.9 Å². The zero-order valence-electron chi connectivity index (χ0n) is 14.9. The summed E-state index contributed by atoms with van der Waals surface area (Å²) in [5, 5.41) is 18.3. The Balaban J connectivity index is 2.53. The van der Waals surface area contributed by atoms with Crippen LogP contribution in [0.15, 0.2) is 34.9 Å². The lowest BCUT2D eigenvalue weighted by molar-refractivity contribution is -0.140. The van der Waals surface area contributed by atoms with Crippen LogP contribution in [0.3, 0.4) is 0 Å². The van der Waals surface area contributed by atoms with Crippen molar-refractivity contribution in [3.05, 3.63) is 40.5 Å². The van der Waals surface area contributed by atoms with E-state index >= 15 is 0 Å². The molecular weight excluding hydrogens is 336 g/mol. The number of imide groups is 1. The average molecular weight is 356 g/mol. The predicted octanol–water partition coefficient (Wildman–Crippen LogP) is 1.68. The van der Waals surface area contributed by atoms with Gasteiger partial charge in [-0.15, -0.1) is 0 Å². The Hall–Kier alpha value is -3.11. The number of nitriles is 1. The number of hydrogen-bond donors (Lipinski definition) is 1. The van der Waals surface area contributed by atoms with Crippen molar-refractivity contribution in [2.45, 2.75) is 13.3 Å². The van der Waals surface area contributed by atoms with Crippen molar-refractivity contribution < 1.29 is 24.2 Å². The molecule has 1 aromatic carbocycles. The largest absolute Gasteiger partial charge is 0.493 e. The highest BCUT2D eigenvalue weighted by Crippen LogP contribution is 2.31. The lowest BCUT2D eigenvalue weighted by atomic mass is 9.93. The summed E-state index contributed by atoms with van der Waals surface area (Å²) < 4.78 is 10.4. The molecule has 0 unspecified atom stereocenters. The second-order valence-corrected chi connectivity index (χ2v) is 5.62. The zero-order valence-corrected chi connectivity index (χ0v) is 14.9. The average Bonchev–Trinajstić information content (AvgIpc) is 2.65. The highest BCUT2D eigenvalue weighted by Gasteiger charge is 2.34. The number of aliphatic hydroxyl groups excluding tert-OH is 1. The quantitative estimate of drug-likeness (QED) is 0.615. The van der Waals surface area contributed by atoms with E-state index in [4.69, 9.17) is 14.6 Å². The molecule has 0 saturated carbocycles. The van der Waals surface area contributed by atoms with Crippen LogP contribution in [-0.4, -0.2) is 49.2 Å². The summed E-state index contributed by atoms with van der Waals surface area (Å²) in [5.74, 6) is -0.0718. The summed E-state index contributed by atoms with van der Waals surface area (Å²) in [6.07, 6.45) is 1.86. The molecule has 0 fully saturated rings. The number of hydrogen-bond acceptors (Lipinski definition) is 6. The number of methoxy groups -OCH3 is 2. The molecule has 0 saturated heterocycles. The van der Waals surface area contributed by atoms with Crippen molar-refractivity contribution in [3.63, 3.8) is 0 Å². The number of ether oxygens (including phenoxy) is 2. The molecule has 2 rings (SSSR count). The lowest BCUT2D eigenvalue weighted by Crippen LogP contribution is -2.43. The van der Waals surface area contributed by atoms with E-state index in [1.807, 2.05) is 6.07 Å². The van der Waals surface area contributed by atoms with Crippen LogP contribution in [-0.2, 0) is 9.59 Å². The summed E-state index contributed by atoms with van der Waals surface area (Å²) >= 11 is 0. The molecule has 2 amide bonds. The van der Waals surface area contributed by atoms with Crippen molar-refractivity contribution in [1.82, 2.24) is 4.90 Å². The molecule has 0 radical (unpaired) electrons. The monoisotopic (exact) mass is 356 g/mol. The van der Waals surface area contributed by atoms with Crippen LogP contribution in [0, 0.1) is 11.3 Å². The molecule has 0 aromatic heterocycles. The van der Waals surface area contributed by atoms with Crippen molar-refractivity contribution in [2.75, 3.05) is 27.4 Å². The maximum atomic E-state index is 12.8. The van der Waals surface area contributed by atoms with E-state index in [-0.39, 0.29) is 30.7 Å². The number of rotatable bonds is 6. The number of amides is 2. The van der Waals surface area contributed by atoms with Gasteiger partial charge in [0.05, 0.1) is 14.2 Å². The van der Waals surface area contributed by atoms with Crippen molar-refractivity contribution >= 4 is 17.9 Å². The Labute approximate surface area is 151 Å². The Morgan fingerprint density at radius 1 is 1.19 bits per heavy atom. The zero-order chi connectivity index (χ0) is 19.3. The van der Waals surface area contributed by atoms with Crippen LogP contribution in [0.25, 0.3) is 6.08 Å².